The first-order chi connectivity index (χ1) is 8.61. The van der Waals surface area contributed by atoms with Gasteiger partial charge in [-0.1, -0.05) is 49.6 Å². The lowest BCUT2D eigenvalue weighted by Gasteiger charge is -2.33. The van der Waals surface area contributed by atoms with Crippen LogP contribution in [0, 0.1) is 5.41 Å². The summed E-state index contributed by atoms with van der Waals surface area (Å²) in [6.45, 7) is 0. The first-order valence-electron chi connectivity index (χ1n) is 6.62. The molecular formula is C15H18O2S. The van der Waals surface area contributed by atoms with Gasteiger partial charge in [-0.15, -0.1) is 0 Å². The third kappa shape index (κ3) is 2.01. The maximum Gasteiger partial charge on any atom is 0.179 e. The van der Waals surface area contributed by atoms with Gasteiger partial charge in [0.15, 0.2) is 9.84 Å². The lowest BCUT2D eigenvalue weighted by Crippen LogP contribution is -2.29. The summed E-state index contributed by atoms with van der Waals surface area (Å²) in [5.41, 5.74) is 0.732. The highest BCUT2D eigenvalue weighted by Gasteiger charge is 2.37. The van der Waals surface area contributed by atoms with Crippen molar-refractivity contribution in [2.45, 2.75) is 37.0 Å². The molecule has 18 heavy (non-hydrogen) atoms. The molecule has 2 nitrogen and oxygen atoms in total. The summed E-state index contributed by atoms with van der Waals surface area (Å²) in [7, 11) is -3.15. The minimum absolute atomic E-state index is 0.115. The van der Waals surface area contributed by atoms with Crippen molar-refractivity contribution in [1.29, 1.82) is 0 Å². The Kier molecular flexibility index (Phi) is 2.81. The number of rotatable bonds is 0. The van der Waals surface area contributed by atoms with E-state index in [-0.39, 0.29) is 11.2 Å². The number of hydrogen-bond donors (Lipinski definition) is 0. The Morgan fingerprint density at radius 1 is 1.00 bits per heavy atom. The molecule has 1 fully saturated rings. The van der Waals surface area contributed by atoms with Crippen LogP contribution in [0.25, 0.3) is 6.08 Å². The van der Waals surface area contributed by atoms with Crippen LogP contribution in [-0.2, 0) is 9.84 Å². The van der Waals surface area contributed by atoms with Crippen molar-refractivity contribution < 1.29 is 8.42 Å². The van der Waals surface area contributed by atoms with Gasteiger partial charge < -0.3 is 0 Å². The zero-order valence-electron chi connectivity index (χ0n) is 10.4. The van der Waals surface area contributed by atoms with E-state index in [1.54, 1.807) is 6.07 Å². The van der Waals surface area contributed by atoms with Crippen LogP contribution in [0.4, 0.5) is 0 Å². The molecule has 1 aliphatic carbocycles. The second-order valence-corrected chi connectivity index (χ2v) is 7.51. The van der Waals surface area contributed by atoms with E-state index in [1.165, 1.54) is 6.42 Å². The highest BCUT2D eigenvalue weighted by Crippen LogP contribution is 2.42. The molecule has 3 rings (SSSR count). The van der Waals surface area contributed by atoms with Gasteiger partial charge >= 0.3 is 0 Å². The Morgan fingerprint density at radius 2 is 1.72 bits per heavy atom. The molecule has 1 spiro atoms. The molecule has 0 unspecified atom stereocenters. The van der Waals surface area contributed by atoms with Gasteiger partial charge in [-0.2, -0.15) is 0 Å². The van der Waals surface area contributed by atoms with E-state index in [1.807, 2.05) is 24.3 Å². The van der Waals surface area contributed by atoms with Crippen LogP contribution in [0.2, 0.25) is 0 Å². The minimum atomic E-state index is -3.15. The lowest BCUT2D eigenvalue weighted by molar-refractivity contribution is 0.290. The molecule has 1 aromatic carbocycles. The molecule has 2 aliphatic rings. The first kappa shape index (κ1) is 12.0. The second-order valence-electron chi connectivity index (χ2n) is 5.55. The third-order valence-corrected chi connectivity index (χ3v) is 6.19. The van der Waals surface area contributed by atoms with Gasteiger partial charge in [0, 0.05) is 5.41 Å². The van der Waals surface area contributed by atoms with Crippen LogP contribution >= 0.6 is 0 Å². The van der Waals surface area contributed by atoms with Crippen LogP contribution in [-0.4, -0.2) is 14.2 Å². The average Bonchev–Trinajstić information content (AvgIpc) is 2.47. The molecule has 0 atom stereocenters. The average molecular weight is 262 g/mol. The van der Waals surface area contributed by atoms with Gasteiger partial charge in [-0.3, -0.25) is 0 Å². The molecule has 1 heterocycles. The largest absolute Gasteiger partial charge is 0.224 e. The summed E-state index contributed by atoms with van der Waals surface area (Å²) in [5, 5.41) is 0. The smallest absolute Gasteiger partial charge is 0.179 e. The van der Waals surface area contributed by atoms with Crippen molar-refractivity contribution in [2.24, 2.45) is 5.41 Å². The molecule has 1 saturated carbocycles. The van der Waals surface area contributed by atoms with E-state index in [0.717, 1.165) is 31.2 Å². The molecule has 0 radical (unpaired) electrons. The van der Waals surface area contributed by atoms with E-state index in [9.17, 15) is 8.42 Å². The van der Waals surface area contributed by atoms with Crippen molar-refractivity contribution in [3.63, 3.8) is 0 Å². The third-order valence-electron chi connectivity index (χ3n) is 4.20. The highest BCUT2D eigenvalue weighted by molar-refractivity contribution is 7.91. The van der Waals surface area contributed by atoms with Crippen molar-refractivity contribution in [2.75, 3.05) is 5.75 Å². The molecule has 3 heteroatoms. The Labute approximate surface area is 109 Å². The summed E-state index contributed by atoms with van der Waals surface area (Å²) in [6, 6.07) is 7.34. The van der Waals surface area contributed by atoms with Crippen LogP contribution in [0.3, 0.4) is 0 Å². The number of fused-ring (bicyclic) bond motifs is 1. The summed E-state index contributed by atoms with van der Waals surface area (Å²) in [5.74, 6) is 0.285. The quantitative estimate of drug-likeness (QED) is 0.717. The molecule has 0 amide bonds. The van der Waals surface area contributed by atoms with Gasteiger partial charge in [0.25, 0.3) is 0 Å². The monoisotopic (exact) mass is 262 g/mol. The fourth-order valence-electron chi connectivity index (χ4n) is 3.24. The fourth-order valence-corrected chi connectivity index (χ4v) is 5.32. The summed E-state index contributed by atoms with van der Waals surface area (Å²) < 4.78 is 25.1. The van der Waals surface area contributed by atoms with Gasteiger partial charge in [0.1, 0.15) is 0 Å². The number of benzene rings is 1. The van der Waals surface area contributed by atoms with E-state index >= 15 is 0 Å². The number of allylic oxidation sites excluding steroid dienone is 1. The van der Waals surface area contributed by atoms with Crippen molar-refractivity contribution in [1.82, 2.24) is 0 Å². The van der Waals surface area contributed by atoms with Crippen LogP contribution in [0.5, 0.6) is 0 Å². The van der Waals surface area contributed by atoms with Crippen molar-refractivity contribution >= 4 is 15.9 Å². The maximum absolute atomic E-state index is 12.5. The zero-order chi connectivity index (χ0) is 12.6. The topological polar surface area (TPSA) is 34.1 Å². The van der Waals surface area contributed by atoms with Crippen LogP contribution in [0.15, 0.2) is 35.2 Å². The maximum atomic E-state index is 12.5. The van der Waals surface area contributed by atoms with Gasteiger partial charge in [0.05, 0.1) is 10.6 Å². The molecule has 96 valence electrons. The van der Waals surface area contributed by atoms with Gasteiger partial charge in [-0.25, -0.2) is 8.42 Å². The lowest BCUT2D eigenvalue weighted by atomic mass is 9.75. The molecule has 0 saturated heterocycles. The summed E-state index contributed by atoms with van der Waals surface area (Å²) >= 11 is 0. The van der Waals surface area contributed by atoms with E-state index in [2.05, 4.69) is 6.08 Å². The first-order valence-corrected chi connectivity index (χ1v) is 8.28. The molecule has 0 bridgehead atoms. The van der Waals surface area contributed by atoms with Gasteiger partial charge in [0.2, 0.25) is 0 Å². The highest BCUT2D eigenvalue weighted by atomic mass is 32.2. The Morgan fingerprint density at radius 3 is 2.50 bits per heavy atom. The van der Waals surface area contributed by atoms with E-state index < -0.39 is 9.84 Å². The second kappa shape index (κ2) is 4.23. The minimum Gasteiger partial charge on any atom is -0.224 e. The van der Waals surface area contributed by atoms with Crippen LogP contribution in [0.1, 0.15) is 37.7 Å². The fraction of sp³-hybridized carbons (Fsp3) is 0.467. The van der Waals surface area contributed by atoms with E-state index in [4.69, 9.17) is 0 Å². The normalized spacial score (nSPS) is 24.4. The predicted molar refractivity (Wildman–Crippen MR) is 73.0 cm³/mol. The molecular weight excluding hydrogens is 244 g/mol. The number of sulfone groups is 1. The zero-order valence-corrected chi connectivity index (χ0v) is 11.2. The van der Waals surface area contributed by atoms with Crippen molar-refractivity contribution in [3.8, 4) is 0 Å². The Hall–Kier alpha value is -1.09. The van der Waals surface area contributed by atoms with Crippen LogP contribution < -0.4 is 0 Å². The summed E-state index contributed by atoms with van der Waals surface area (Å²) in [6.07, 6.45) is 9.74. The molecule has 1 aromatic rings. The SMILES string of the molecule is O=S1(=O)CC2(C=Cc3ccccc31)CCCCC2. The van der Waals surface area contributed by atoms with E-state index in [0.29, 0.717) is 4.90 Å². The molecule has 1 aliphatic heterocycles. The Balaban J connectivity index is 2.09. The predicted octanol–water partition coefficient (Wildman–Crippen LogP) is 3.44. The summed E-state index contributed by atoms with van der Waals surface area (Å²) in [4.78, 5) is 0.503. The number of hydrogen-bond acceptors (Lipinski definition) is 2. The van der Waals surface area contributed by atoms with Crippen molar-refractivity contribution in [3.05, 3.63) is 35.9 Å². The molecule has 0 N–H and O–H groups in total. The standard InChI is InChI=1S/C15H18O2S/c16-18(17)12-15(9-4-1-5-10-15)11-8-13-6-2-3-7-14(13)18/h2-3,6-8,11H,1,4-5,9-10,12H2. The molecule has 0 aromatic heterocycles. The van der Waals surface area contributed by atoms with Gasteiger partial charge in [-0.05, 0) is 24.5 Å². The Bertz CT molecular complexity index is 578.